The van der Waals surface area contributed by atoms with Crippen molar-refractivity contribution in [1.29, 1.82) is 0 Å². The van der Waals surface area contributed by atoms with E-state index in [1.165, 1.54) is 0 Å². The van der Waals surface area contributed by atoms with Gasteiger partial charge in [-0.15, -0.1) is 0 Å². The van der Waals surface area contributed by atoms with E-state index in [2.05, 4.69) is 5.32 Å². The summed E-state index contributed by atoms with van der Waals surface area (Å²) in [5, 5.41) is 4.25. The summed E-state index contributed by atoms with van der Waals surface area (Å²) in [4.78, 5) is 28.7. The molecular weight excluding hydrogens is 507 g/mol. The number of hydrogen-bond acceptors (Lipinski definition) is 3. The quantitative estimate of drug-likeness (QED) is 0.306. The van der Waals surface area contributed by atoms with Crippen molar-refractivity contribution in [2.75, 3.05) is 13.2 Å². The molecule has 0 fully saturated rings. The fourth-order valence-corrected chi connectivity index (χ4v) is 4.35. The van der Waals surface area contributed by atoms with Gasteiger partial charge >= 0.3 is 0 Å². The third-order valence-corrected chi connectivity index (χ3v) is 6.80. The van der Waals surface area contributed by atoms with Gasteiger partial charge in [-0.1, -0.05) is 79.5 Å². The first-order chi connectivity index (χ1) is 17.6. The van der Waals surface area contributed by atoms with Crippen LogP contribution in [0.5, 0.6) is 5.75 Å². The van der Waals surface area contributed by atoms with Gasteiger partial charge in [0.2, 0.25) is 5.91 Å². The van der Waals surface area contributed by atoms with Gasteiger partial charge < -0.3 is 15.0 Å². The number of nitrogens with zero attached hydrogens (tertiary/aromatic N) is 1. The van der Waals surface area contributed by atoms with Crippen LogP contribution in [0.1, 0.15) is 36.1 Å². The van der Waals surface area contributed by atoms with E-state index in [-0.39, 0.29) is 30.9 Å². The first-order valence-electron chi connectivity index (χ1n) is 12.4. The average molecular weight is 542 g/mol. The smallest absolute Gasteiger partial charge is 0.261 e. The molecule has 37 heavy (non-hydrogen) atoms. The predicted octanol–water partition coefficient (Wildman–Crippen LogP) is 6.40. The molecule has 0 saturated heterocycles. The molecule has 3 aromatic rings. The molecule has 0 bridgehead atoms. The highest BCUT2D eigenvalue weighted by Crippen LogP contribution is 2.26. The van der Waals surface area contributed by atoms with Crippen LogP contribution in [0.2, 0.25) is 10.0 Å². The van der Waals surface area contributed by atoms with Crippen LogP contribution < -0.4 is 10.1 Å². The second-order valence-electron chi connectivity index (χ2n) is 9.66. The fourth-order valence-electron chi connectivity index (χ4n) is 4.03. The molecule has 5 nitrogen and oxygen atoms in total. The summed E-state index contributed by atoms with van der Waals surface area (Å²) in [6.07, 6.45) is 0.371. The van der Waals surface area contributed by atoms with E-state index >= 15 is 0 Å². The van der Waals surface area contributed by atoms with E-state index in [1.807, 2.05) is 70.2 Å². The summed E-state index contributed by atoms with van der Waals surface area (Å²) in [5.41, 5.74) is 3.53. The number of halogens is 2. The Hall–Kier alpha value is -3.02. The van der Waals surface area contributed by atoms with E-state index in [4.69, 9.17) is 27.9 Å². The molecule has 1 atom stereocenters. The predicted molar refractivity (Wildman–Crippen MR) is 150 cm³/mol. The van der Waals surface area contributed by atoms with Gasteiger partial charge in [0, 0.05) is 29.6 Å². The summed E-state index contributed by atoms with van der Waals surface area (Å²) in [5.74, 6) is 0.328. The maximum Gasteiger partial charge on any atom is 0.261 e. The summed E-state index contributed by atoms with van der Waals surface area (Å²) in [6.45, 7) is 8.37. The summed E-state index contributed by atoms with van der Waals surface area (Å²) < 4.78 is 5.90. The minimum absolute atomic E-state index is 0.203. The van der Waals surface area contributed by atoms with Gasteiger partial charge in [0.05, 0.1) is 0 Å². The Kier molecular flexibility index (Phi) is 10.4. The molecule has 0 aliphatic rings. The van der Waals surface area contributed by atoms with Crippen molar-refractivity contribution in [3.05, 3.63) is 99.0 Å². The van der Waals surface area contributed by atoms with Crippen LogP contribution in [0.15, 0.2) is 66.7 Å². The highest BCUT2D eigenvalue weighted by molar-refractivity contribution is 6.32. The van der Waals surface area contributed by atoms with Gasteiger partial charge in [-0.3, -0.25) is 9.59 Å². The molecule has 7 heteroatoms. The molecule has 0 spiro atoms. The number of ether oxygens (including phenoxy) is 1. The molecule has 0 unspecified atom stereocenters. The Morgan fingerprint density at radius 1 is 0.919 bits per heavy atom. The number of benzene rings is 3. The van der Waals surface area contributed by atoms with E-state index in [0.717, 1.165) is 22.3 Å². The van der Waals surface area contributed by atoms with Crippen LogP contribution >= 0.6 is 23.2 Å². The van der Waals surface area contributed by atoms with E-state index in [0.29, 0.717) is 28.8 Å². The lowest BCUT2D eigenvalue weighted by Gasteiger charge is -2.31. The summed E-state index contributed by atoms with van der Waals surface area (Å²) in [6, 6.07) is 19.9. The van der Waals surface area contributed by atoms with Crippen LogP contribution in [0.4, 0.5) is 0 Å². The van der Waals surface area contributed by atoms with Gasteiger partial charge in [0.25, 0.3) is 5.91 Å². The molecule has 196 valence electrons. The van der Waals surface area contributed by atoms with E-state index < -0.39 is 6.04 Å². The van der Waals surface area contributed by atoms with Gasteiger partial charge in [0.1, 0.15) is 11.8 Å². The van der Waals surface area contributed by atoms with E-state index in [9.17, 15) is 9.59 Å². The number of amides is 2. The minimum Gasteiger partial charge on any atom is -0.484 e. The molecule has 0 radical (unpaired) electrons. The zero-order valence-corrected chi connectivity index (χ0v) is 23.3. The highest BCUT2D eigenvalue weighted by Gasteiger charge is 2.31. The largest absolute Gasteiger partial charge is 0.484 e. The third kappa shape index (κ3) is 8.51. The second kappa shape index (κ2) is 13.5. The van der Waals surface area contributed by atoms with Crippen molar-refractivity contribution < 1.29 is 14.3 Å². The molecule has 3 aromatic carbocycles. The number of carbonyl (C=O) groups is 2. The summed E-state index contributed by atoms with van der Waals surface area (Å²) >= 11 is 12.5. The van der Waals surface area contributed by atoms with Crippen LogP contribution in [0, 0.1) is 19.8 Å². The molecule has 3 rings (SSSR count). The Bertz CT molecular complexity index is 1190. The van der Waals surface area contributed by atoms with Crippen LogP contribution in [0.3, 0.4) is 0 Å². The number of aryl methyl sites for hydroxylation is 2. The Labute approximate surface area is 229 Å². The monoisotopic (exact) mass is 540 g/mol. The van der Waals surface area contributed by atoms with Crippen molar-refractivity contribution in [3.63, 3.8) is 0 Å². The maximum absolute atomic E-state index is 13.7. The first-order valence-corrected chi connectivity index (χ1v) is 13.1. The Morgan fingerprint density at radius 3 is 2.19 bits per heavy atom. The highest BCUT2D eigenvalue weighted by atomic mass is 35.5. The number of rotatable bonds is 11. The van der Waals surface area contributed by atoms with Crippen molar-refractivity contribution >= 4 is 35.0 Å². The van der Waals surface area contributed by atoms with Gasteiger partial charge in [-0.05, 0) is 66.3 Å². The molecule has 0 aromatic heterocycles. The number of nitrogens with one attached hydrogen (secondary N) is 1. The normalized spacial score (nSPS) is 11.8. The molecular formula is C30H34Cl2N2O3. The lowest BCUT2D eigenvalue weighted by atomic mass is 10.0. The first kappa shape index (κ1) is 28.5. The standard InChI is InChI=1S/C30H34Cl2N2O3/c1-20(2)17-33-30(36)27(16-23-9-6-5-7-10-23)34(18-24-11-8-12-25(31)15-24)28(35)19-37-26-13-21(3)29(32)22(4)14-26/h5-15,20,27H,16-19H2,1-4H3,(H,33,36)/t27-/m0/s1. The third-order valence-electron chi connectivity index (χ3n) is 5.97. The zero-order valence-electron chi connectivity index (χ0n) is 21.8. The zero-order chi connectivity index (χ0) is 26.9. The van der Waals surface area contributed by atoms with Gasteiger partial charge in [-0.2, -0.15) is 0 Å². The fraction of sp³-hybridized carbons (Fsp3) is 0.333. The Balaban J connectivity index is 1.91. The lowest BCUT2D eigenvalue weighted by Crippen LogP contribution is -2.52. The molecule has 0 heterocycles. The van der Waals surface area contributed by atoms with Crippen molar-refractivity contribution in [2.45, 2.75) is 46.7 Å². The van der Waals surface area contributed by atoms with Crippen molar-refractivity contribution in [2.24, 2.45) is 5.92 Å². The van der Waals surface area contributed by atoms with Crippen molar-refractivity contribution in [3.8, 4) is 5.75 Å². The van der Waals surface area contributed by atoms with Gasteiger partial charge in [-0.25, -0.2) is 0 Å². The van der Waals surface area contributed by atoms with Crippen LogP contribution in [-0.2, 0) is 22.6 Å². The number of hydrogen-bond donors (Lipinski definition) is 1. The number of carbonyl (C=O) groups excluding carboxylic acids is 2. The molecule has 0 aliphatic heterocycles. The summed E-state index contributed by atoms with van der Waals surface area (Å²) in [7, 11) is 0. The van der Waals surface area contributed by atoms with Crippen molar-refractivity contribution in [1.82, 2.24) is 10.2 Å². The second-order valence-corrected chi connectivity index (χ2v) is 10.5. The average Bonchev–Trinajstić information content (AvgIpc) is 2.87. The maximum atomic E-state index is 13.7. The van der Waals surface area contributed by atoms with Gasteiger partial charge in [0.15, 0.2) is 6.61 Å². The SMILES string of the molecule is Cc1cc(OCC(=O)N(Cc2cccc(Cl)c2)[C@@H](Cc2ccccc2)C(=O)NCC(C)C)cc(C)c1Cl. The topological polar surface area (TPSA) is 58.6 Å². The molecule has 2 amide bonds. The minimum atomic E-state index is -0.732. The van der Waals surface area contributed by atoms with E-state index in [1.54, 1.807) is 29.2 Å². The molecule has 0 aliphatic carbocycles. The van der Waals surface area contributed by atoms with Crippen LogP contribution in [-0.4, -0.2) is 35.9 Å². The molecule has 0 saturated carbocycles. The lowest BCUT2D eigenvalue weighted by molar-refractivity contribution is -0.142. The van der Waals surface area contributed by atoms with Crippen LogP contribution in [0.25, 0.3) is 0 Å². The Morgan fingerprint density at radius 2 is 1.57 bits per heavy atom. The molecule has 1 N–H and O–H groups in total.